The molecule has 0 bridgehead atoms. The summed E-state index contributed by atoms with van der Waals surface area (Å²) >= 11 is 0. The van der Waals surface area contributed by atoms with Gasteiger partial charge in [0.25, 0.3) is 0 Å². The Morgan fingerprint density at radius 1 is 1.35 bits per heavy atom. The van der Waals surface area contributed by atoms with Gasteiger partial charge in [-0.3, -0.25) is 4.79 Å². The third-order valence-electron chi connectivity index (χ3n) is 2.80. The Labute approximate surface area is 119 Å². The second-order valence-corrected chi connectivity index (χ2v) is 6.72. The fraction of sp³-hybridized carbons (Fsp3) is 0.667. The molecule has 0 aliphatic carbocycles. The van der Waals surface area contributed by atoms with Crippen LogP contribution < -0.4 is 10.0 Å². The van der Waals surface area contributed by atoms with E-state index in [1.54, 1.807) is 6.92 Å². The number of sulfonamides is 1. The molecule has 0 aromatic carbocycles. The summed E-state index contributed by atoms with van der Waals surface area (Å²) in [5.74, 6) is 0.00825. The molecule has 0 saturated heterocycles. The zero-order valence-electron chi connectivity index (χ0n) is 12.4. The number of nitrogens with zero attached hydrogens (tertiary/aromatic N) is 1. The van der Waals surface area contributed by atoms with E-state index in [0.29, 0.717) is 6.42 Å². The molecule has 0 unspecified atom stereocenters. The van der Waals surface area contributed by atoms with Gasteiger partial charge in [-0.05, 0) is 26.2 Å². The summed E-state index contributed by atoms with van der Waals surface area (Å²) < 4.78 is 32.0. The number of carbonyl (C=O) groups is 1. The summed E-state index contributed by atoms with van der Waals surface area (Å²) in [5, 5.41) is 6.08. The molecule has 1 rings (SSSR count). The first-order valence-electron chi connectivity index (χ1n) is 6.35. The summed E-state index contributed by atoms with van der Waals surface area (Å²) in [6.45, 7) is 6.90. The number of hydrogen-bond acceptors (Lipinski definition) is 5. The van der Waals surface area contributed by atoms with Crippen molar-refractivity contribution >= 4 is 15.9 Å². The zero-order chi connectivity index (χ0) is 15.5. The number of likely N-dealkylation sites (N-methyl/N-ethyl adjacent to an activating group) is 1. The van der Waals surface area contributed by atoms with Crippen molar-refractivity contribution < 1.29 is 17.7 Å². The van der Waals surface area contributed by atoms with Crippen molar-refractivity contribution in [3.63, 3.8) is 0 Å². The Morgan fingerprint density at radius 2 is 1.95 bits per heavy atom. The third kappa shape index (κ3) is 3.80. The van der Waals surface area contributed by atoms with Gasteiger partial charge in [-0.15, -0.1) is 0 Å². The molecule has 1 atom stereocenters. The van der Waals surface area contributed by atoms with Crippen LogP contribution in [0.3, 0.4) is 0 Å². The molecule has 0 aliphatic rings. The normalized spacial score (nSPS) is 13.5. The maximum absolute atomic E-state index is 12.4. The second kappa shape index (κ2) is 6.36. The topological polar surface area (TPSA) is 101 Å². The van der Waals surface area contributed by atoms with Gasteiger partial charge in [0.05, 0.1) is 0 Å². The Bertz CT molecular complexity index is 558. The van der Waals surface area contributed by atoms with Crippen molar-refractivity contribution in [3.8, 4) is 0 Å². The summed E-state index contributed by atoms with van der Waals surface area (Å²) in [4.78, 5) is 11.8. The van der Waals surface area contributed by atoms with Gasteiger partial charge in [0, 0.05) is 7.05 Å². The first kappa shape index (κ1) is 16.6. The van der Waals surface area contributed by atoms with Crippen LogP contribution in [0.25, 0.3) is 0 Å². The second-order valence-electron chi connectivity index (χ2n) is 5.07. The Morgan fingerprint density at radius 3 is 2.35 bits per heavy atom. The van der Waals surface area contributed by atoms with Crippen LogP contribution >= 0.6 is 0 Å². The Balaban J connectivity index is 3.06. The highest BCUT2D eigenvalue weighted by atomic mass is 32.2. The lowest BCUT2D eigenvalue weighted by atomic mass is 10.0. The van der Waals surface area contributed by atoms with E-state index in [0.717, 1.165) is 0 Å². The third-order valence-corrected chi connectivity index (χ3v) is 4.52. The van der Waals surface area contributed by atoms with Gasteiger partial charge in [0.2, 0.25) is 15.9 Å². The standard InChI is InChI=1S/C12H21N3O4S/c1-7(2)6-10(12(16)13-5)15-20(17,18)11-8(3)14-19-9(11)4/h7,10,15H,6H2,1-5H3,(H,13,16)/t10-/m0/s1. The number of hydrogen-bond donors (Lipinski definition) is 2. The fourth-order valence-corrected chi connectivity index (χ4v) is 3.50. The number of aromatic nitrogens is 1. The van der Waals surface area contributed by atoms with Crippen LogP contribution in [0.15, 0.2) is 9.42 Å². The van der Waals surface area contributed by atoms with Crippen molar-refractivity contribution in [3.05, 3.63) is 11.5 Å². The minimum atomic E-state index is -3.85. The molecule has 1 aromatic heterocycles. The van der Waals surface area contributed by atoms with Gasteiger partial charge in [-0.2, -0.15) is 4.72 Å². The number of amides is 1. The minimum Gasteiger partial charge on any atom is -0.360 e. The molecule has 20 heavy (non-hydrogen) atoms. The predicted molar refractivity (Wildman–Crippen MR) is 73.6 cm³/mol. The van der Waals surface area contributed by atoms with Crippen LogP contribution in [0.2, 0.25) is 0 Å². The van der Waals surface area contributed by atoms with Gasteiger partial charge < -0.3 is 9.84 Å². The Hall–Kier alpha value is -1.41. The van der Waals surface area contributed by atoms with Crippen LogP contribution in [0.5, 0.6) is 0 Å². The summed E-state index contributed by atoms with van der Waals surface area (Å²) in [7, 11) is -2.37. The van der Waals surface area contributed by atoms with E-state index >= 15 is 0 Å². The smallest absolute Gasteiger partial charge is 0.246 e. The SMILES string of the molecule is CNC(=O)[C@H](CC(C)C)NS(=O)(=O)c1c(C)noc1C. The highest BCUT2D eigenvalue weighted by Crippen LogP contribution is 2.19. The van der Waals surface area contributed by atoms with Crippen molar-refractivity contribution in [1.29, 1.82) is 0 Å². The largest absolute Gasteiger partial charge is 0.360 e. The van der Waals surface area contributed by atoms with E-state index in [1.807, 2.05) is 13.8 Å². The molecule has 114 valence electrons. The summed E-state index contributed by atoms with van der Waals surface area (Å²) in [6, 6.07) is -0.821. The van der Waals surface area contributed by atoms with Gasteiger partial charge >= 0.3 is 0 Å². The minimum absolute atomic E-state index is 0.00448. The van der Waals surface area contributed by atoms with Gasteiger partial charge in [-0.1, -0.05) is 19.0 Å². The molecule has 1 amide bonds. The monoisotopic (exact) mass is 303 g/mol. The van der Waals surface area contributed by atoms with E-state index in [9.17, 15) is 13.2 Å². The van der Waals surface area contributed by atoms with Gasteiger partial charge in [0.1, 0.15) is 16.6 Å². The first-order chi connectivity index (χ1) is 9.19. The lowest BCUT2D eigenvalue weighted by Gasteiger charge is -2.18. The van der Waals surface area contributed by atoms with E-state index in [1.165, 1.54) is 14.0 Å². The van der Waals surface area contributed by atoms with E-state index in [-0.39, 0.29) is 28.2 Å². The van der Waals surface area contributed by atoms with Crippen molar-refractivity contribution in [1.82, 2.24) is 15.2 Å². The molecular weight excluding hydrogens is 282 g/mol. The van der Waals surface area contributed by atoms with Gasteiger partial charge in [-0.25, -0.2) is 8.42 Å². The van der Waals surface area contributed by atoms with E-state index < -0.39 is 16.1 Å². The van der Waals surface area contributed by atoms with Crippen LogP contribution in [0.1, 0.15) is 31.7 Å². The van der Waals surface area contributed by atoms with Crippen molar-refractivity contribution in [2.45, 2.75) is 45.1 Å². The number of aryl methyl sites for hydroxylation is 2. The molecule has 1 heterocycles. The predicted octanol–water partition coefficient (Wildman–Crippen LogP) is 0.730. The average Bonchev–Trinajstić information content (AvgIpc) is 2.66. The molecule has 0 spiro atoms. The molecule has 0 aliphatic heterocycles. The maximum atomic E-state index is 12.4. The van der Waals surface area contributed by atoms with Crippen LogP contribution in [-0.2, 0) is 14.8 Å². The first-order valence-corrected chi connectivity index (χ1v) is 7.84. The fourth-order valence-electron chi connectivity index (χ4n) is 1.96. The zero-order valence-corrected chi connectivity index (χ0v) is 13.2. The number of rotatable bonds is 6. The lowest BCUT2D eigenvalue weighted by molar-refractivity contribution is -0.122. The Kier molecular flexibility index (Phi) is 5.29. The quantitative estimate of drug-likeness (QED) is 0.806. The average molecular weight is 303 g/mol. The number of carbonyl (C=O) groups excluding carboxylic acids is 1. The molecular formula is C12H21N3O4S. The maximum Gasteiger partial charge on any atom is 0.246 e. The molecule has 2 N–H and O–H groups in total. The van der Waals surface area contributed by atoms with Gasteiger partial charge in [0.15, 0.2) is 5.76 Å². The van der Waals surface area contributed by atoms with Crippen LogP contribution in [0, 0.1) is 19.8 Å². The van der Waals surface area contributed by atoms with Crippen LogP contribution in [0.4, 0.5) is 0 Å². The van der Waals surface area contributed by atoms with E-state index in [4.69, 9.17) is 4.52 Å². The highest BCUT2D eigenvalue weighted by Gasteiger charge is 2.30. The molecule has 0 fully saturated rings. The lowest BCUT2D eigenvalue weighted by Crippen LogP contribution is -2.46. The molecule has 0 saturated carbocycles. The molecule has 7 nitrogen and oxygen atoms in total. The molecule has 1 aromatic rings. The summed E-state index contributed by atoms with van der Waals surface area (Å²) in [5.41, 5.74) is 0.273. The molecule has 0 radical (unpaired) electrons. The molecule has 8 heteroatoms. The van der Waals surface area contributed by atoms with E-state index in [2.05, 4.69) is 15.2 Å². The van der Waals surface area contributed by atoms with Crippen molar-refractivity contribution in [2.24, 2.45) is 5.92 Å². The summed E-state index contributed by atoms with van der Waals surface area (Å²) in [6.07, 6.45) is 0.405. The number of nitrogens with one attached hydrogen (secondary N) is 2. The highest BCUT2D eigenvalue weighted by molar-refractivity contribution is 7.89. The van der Waals surface area contributed by atoms with Crippen LogP contribution in [-0.4, -0.2) is 32.6 Å². The van der Waals surface area contributed by atoms with Crippen molar-refractivity contribution in [2.75, 3.05) is 7.05 Å².